The highest BCUT2D eigenvalue weighted by Crippen LogP contribution is 2.24. The normalized spacial score (nSPS) is 11.4. The number of nitro groups is 1. The van der Waals surface area contributed by atoms with Crippen LogP contribution in [0.1, 0.15) is 16.7 Å². The van der Waals surface area contributed by atoms with E-state index in [9.17, 15) is 10.1 Å². The van der Waals surface area contributed by atoms with Crippen molar-refractivity contribution < 1.29 is 4.92 Å². The van der Waals surface area contributed by atoms with Gasteiger partial charge in [0.25, 0.3) is 5.70 Å². The van der Waals surface area contributed by atoms with Gasteiger partial charge in [-0.15, -0.1) is 0 Å². The highest BCUT2D eigenvalue weighted by Gasteiger charge is 2.14. The van der Waals surface area contributed by atoms with E-state index in [1.165, 1.54) is 0 Å². The lowest BCUT2D eigenvalue weighted by atomic mass is 10.1. The molecule has 19 heavy (non-hydrogen) atoms. The van der Waals surface area contributed by atoms with Gasteiger partial charge in [-0.2, -0.15) is 0 Å². The molecule has 0 spiro atoms. The van der Waals surface area contributed by atoms with Crippen LogP contribution in [-0.4, -0.2) is 4.92 Å². The van der Waals surface area contributed by atoms with Crippen LogP contribution in [0.3, 0.4) is 0 Å². The van der Waals surface area contributed by atoms with E-state index < -0.39 is 0 Å². The Balaban J connectivity index is 2.51. The van der Waals surface area contributed by atoms with Gasteiger partial charge in [0.1, 0.15) is 0 Å². The first-order valence-corrected chi connectivity index (χ1v) is 6.55. The summed E-state index contributed by atoms with van der Waals surface area (Å²) in [6.07, 6.45) is 1.58. The molecule has 0 bridgehead atoms. The van der Waals surface area contributed by atoms with Gasteiger partial charge in [-0.1, -0.05) is 46.3 Å². The quantitative estimate of drug-likeness (QED) is 0.474. The third-order valence-electron chi connectivity index (χ3n) is 2.71. The van der Waals surface area contributed by atoms with E-state index in [0.29, 0.717) is 5.56 Å². The zero-order chi connectivity index (χ0) is 13.8. The lowest BCUT2D eigenvalue weighted by molar-refractivity contribution is -0.374. The minimum Gasteiger partial charge on any atom is -0.258 e. The van der Waals surface area contributed by atoms with Crippen LogP contribution in [0.15, 0.2) is 53.0 Å². The predicted octanol–water partition coefficient (Wildman–Crippen LogP) is 4.53. The summed E-state index contributed by atoms with van der Waals surface area (Å²) >= 11 is 3.43. The first kappa shape index (κ1) is 13.5. The van der Waals surface area contributed by atoms with E-state index in [-0.39, 0.29) is 10.6 Å². The van der Waals surface area contributed by atoms with Crippen molar-refractivity contribution in [2.75, 3.05) is 0 Å². The molecule has 4 heteroatoms. The molecule has 0 aliphatic rings. The maximum absolute atomic E-state index is 11.2. The average molecular weight is 318 g/mol. The molecule has 2 rings (SSSR count). The number of hydrogen-bond acceptors (Lipinski definition) is 2. The van der Waals surface area contributed by atoms with Gasteiger partial charge in [0.2, 0.25) is 0 Å². The molecule has 0 atom stereocenters. The number of rotatable bonds is 3. The molecule has 0 saturated carbocycles. The Morgan fingerprint density at radius 3 is 2.47 bits per heavy atom. The van der Waals surface area contributed by atoms with Gasteiger partial charge in [-0.25, -0.2) is 0 Å². The minimum atomic E-state index is -0.359. The summed E-state index contributed by atoms with van der Waals surface area (Å²) in [5, 5.41) is 11.2. The Morgan fingerprint density at radius 1 is 1.21 bits per heavy atom. The lowest BCUT2D eigenvalue weighted by Crippen LogP contribution is -1.97. The van der Waals surface area contributed by atoms with Crippen LogP contribution in [-0.2, 0) is 0 Å². The Bertz CT molecular complexity index is 636. The van der Waals surface area contributed by atoms with Crippen LogP contribution in [0.25, 0.3) is 11.8 Å². The summed E-state index contributed by atoms with van der Waals surface area (Å²) in [5.74, 6) is 0. The highest BCUT2D eigenvalue weighted by atomic mass is 79.9. The van der Waals surface area contributed by atoms with Crippen molar-refractivity contribution >= 4 is 27.7 Å². The number of aryl methyl sites for hydroxylation is 1. The average Bonchev–Trinajstić information content (AvgIpc) is 2.38. The first-order valence-electron chi connectivity index (χ1n) is 5.75. The third-order valence-corrected chi connectivity index (χ3v) is 3.40. The summed E-state index contributed by atoms with van der Waals surface area (Å²) in [5.41, 5.74) is 2.58. The maximum atomic E-state index is 11.2. The topological polar surface area (TPSA) is 43.1 Å². The van der Waals surface area contributed by atoms with Gasteiger partial charge in [0.05, 0.1) is 10.5 Å². The van der Waals surface area contributed by atoms with Crippen LogP contribution in [0.4, 0.5) is 0 Å². The molecule has 0 N–H and O–H groups in total. The number of hydrogen-bond donors (Lipinski definition) is 0. The van der Waals surface area contributed by atoms with Crippen molar-refractivity contribution in [2.24, 2.45) is 0 Å². The molecule has 0 saturated heterocycles. The summed E-state index contributed by atoms with van der Waals surface area (Å²) < 4.78 is 0.850. The molecule has 0 heterocycles. The van der Waals surface area contributed by atoms with Crippen LogP contribution >= 0.6 is 15.9 Å². The van der Waals surface area contributed by atoms with E-state index in [4.69, 9.17) is 0 Å². The summed E-state index contributed by atoms with van der Waals surface area (Å²) in [4.78, 5) is 10.8. The highest BCUT2D eigenvalue weighted by molar-refractivity contribution is 9.10. The van der Waals surface area contributed by atoms with Gasteiger partial charge in [0, 0.05) is 10.5 Å². The Morgan fingerprint density at radius 2 is 1.89 bits per heavy atom. The smallest absolute Gasteiger partial charge is 0.258 e. The zero-order valence-electron chi connectivity index (χ0n) is 10.3. The Labute approximate surface area is 119 Å². The van der Waals surface area contributed by atoms with Gasteiger partial charge in [-0.05, 0) is 36.2 Å². The summed E-state index contributed by atoms with van der Waals surface area (Å²) in [6, 6.07) is 14.6. The Hall–Kier alpha value is -1.94. The standard InChI is InChI=1S/C15H12BrNO2/c1-11-7-8-13(14(16)9-11)10-15(17(18)19)12-5-3-2-4-6-12/h2-10H,1H3/b15-10+. The summed E-state index contributed by atoms with van der Waals surface area (Å²) in [6.45, 7) is 1.98. The van der Waals surface area contributed by atoms with Crippen molar-refractivity contribution in [1.29, 1.82) is 0 Å². The van der Waals surface area contributed by atoms with Crippen LogP contribution in [0.5, 0.6) is 0 Å². The van der Waals surface area contributed by atoms with Gasteiger partial charge in [0.15, 0.2) is 0 Å². The molecule has 0 aliphatic carbocycles. The molecule has 3 nitrogen and oxygen atoms in total. The minimum absolute atomic E-state index is 0.0881. The molecule has 0 aliphatic heterocycles. The second-order valence-electron chi connectivity index (χ2n) is 4.18. The molecule has 0 unspecified atom stereocenters. The molecule has 2 aromatic rings. The molecule has 0 fully saturated rings. The molecule has 96 valence electrons. The Kier molecular flexibility index (Phi) is 4.12. The summed E-state index contributed by atoms with van der Waals surface area (Å²) in [7, 11) is 0. The van der Waals surface area contributed by atoms with Gasteiger partial charge < -0.3 is 0 Å². The van der Waals surface area contributed by atoms with Crippen molar-refractivity contribution in [2.45, 2.75) is 6.92 Å². The largest absolute Gasteiger partial charge is 0.277 e. The second kappa shape index (κ2) is 5.80. The van der Waals surface area contributed by atoms with E-state index in [1.807, 2.05) is 31.2 Å². The fourth-order valence-corrected chi connectivity index (χ4v) is 2.35. The van der Waals surface area contributed by atoms with Gasteiger partial charge >= 0.3 is 0 Å². The molecule has 0 radical (unpaired) electrons. The second-order valence-corrected chi connectivity index (χ2v) is 5.03. The SMILES string of the molecule is Cc1ccc(/C=C(\c2ccccc2)[N+](=O)[O-])c(Br)c1. The van der Waals surface area contributed by atoms with Crippen molar-refractivity contribution in [3.63, 3.8) is 0 Å². The number of halogens is 1. The molecular formula is C15H12BrNO2. The first-order chi connectivity index (χ1) is 9.08. The maximum Gasteiger partial charge on any atom is 0.277 e. The van der Waals surface area contributed by atoms with Crippen molar-refractivity contribution in [3.05, 3.63) is 79.8 Å². The molecule has 2 aromatic carbocycles. The number of nitrogens with zero attached hydrogens (tertiary/aromatic N) is 1. The van der Waals surface area contributed by atoms with Crippen molar-refractivity contribution in [3.8, 4) is 0 Å². The predicted molar refractivity (Wildman–Crippen MR) is 80.2 cm³/mol. The monoisotopic (exact) mass is 317 g/mol. The van der Waals surface area contributed by atoms with E-state index in [1.54, 1.807) is 30.3 Å². The van der Waals surface area contributed by atoms with E-state index in [0.717, 1.165) is 15.6 Å². The molecule has 0 amide bonds. The van der Waals surface area contributed by atoms with Crippen molar-refractivity contribution in [1.82, 2.24) is 0 Å². The lowest BCUT2D eigenvalue weighted by Gasteiger charge is -2.02. The fraction of sp³-hybridized carbons (Fsp3) is 0.0667. The van der Waals surface area contributed by atoms with Crippen LogP contribution in [0, 0.1) is 17.0 Å². The van der Waals surface area contributed by atoms with Gasteiger partial charge in [-0.3, -0.25) is 10.1 Å². The zero-order valence-corrected chi connectivity index (χ0v) is 11.9. The van der Waals surface area contributed by atoms with E-state index in [2.05, 4.69) is 15.9 Å². The van der Waals surface area contributed by atoms with Crippen LogP contribution in [0.2, 0.25) is 0 Å². The fourth-order valence-electron chi connectivity index (χ4n) is 1.75. The van der Waals surface area contributed by atoms with Crippen LogP contribution < -0.4 is 0 Å². The van der Waals surface area contributed by atoms with E-state index >= 15 is 0 Å². The number of benzene rings is 2. The molecular weight excluding hydrogens is 306 g/mol. The third kappa shape index (κ3) is 3.29. The molecule has 0 aromatic heterocycles.